The molecule has 6 rings (SSSR count). The van der Waals surface area contributed by atoms with E-state index < -0.39 is 0 Å². The fourth-order valence-electron chi connectivity index (χ4n) is 4.07. The monoisotopic (exact) mass is 548 g/mol. The van der Waals surface area contributed by atoms with Crippen LogP contribution >= 0.6 is 22.7 Å². The molecule has 0 fully saturated rings. The highest BCUT2D eigenvalue weighted by Crippen LogP contribution is 2.40. The van der Waals surface area contributed by atoms with Crippen molar-refractivity contribution < 1.29 is 9.59 Å². The van der Waals surface area contributed by atoms with Gasteiger partial charge in [-0.1, -0.05) is 59.9 Å². The SMILES string of the molecule is CC(=NNc1nc(-c2cccs2)c(N=Nc2ccccc2)s1)c1ccc(N2C(=O)c3ccccc3C2=O)cc1. The highest BCUT2D eigenvalue weighted by atomic mass is 32.1. The highest BCUT2D eigenvalue weighted by molar-refractivity contribution is 7.20. The van der Waals surface area contributed by atoms with E-state index >= 15 is 0 Å². The lowest BCUT2D eigenvalue weighted by molar-refractivity contribution is 0.0926. The minimum atomic E-state index is -0.319. The second-order valence-corrected chi connectivity index (χ2v) is 10.5. The first-order valence-electron chi connectivity index (χ1n) is 12.0. The van der Waals surface area contributed by atoms with E-state index in [-0.39, 0.29) is 11.8 Å². The molecule has 0 spiro atoms. The van der Waals surface area contributed by atoms with Crippen LogP contribution in [0.2, 0.25) is 0 Å². The number of azo groups is 1. The number of carbonyl (C=O) groups excluding carboxylic acids is 2. The summed E-state index contributed by atoms with van der Waals surface area (Å²) in [5, 5.41) is 16.6. The van der Waals surface area contributed by atoms with Crippen molar-refractivity contribution in [3.05, 3.63) is 113 Å². The van der Waals surface area contributed by atoms with Gasteiger partial charge in [-0.05, 0) is 60.3 Å². The number of nitrogens with zero attached hydrogens (tertiary/aromatic N) is 5. The molecule has 3 heterocycles. The van der Waals surface area contributed by atoms with Crippen molar-refractivity contribution in [3.63, 3.8) is 0 Å². The molecule has 2 aromatic heterocycles. The van der Waals surface area contributed by atoms with Crippen molar-refractivity contribution >= 4 is 61.7 Å². The van der Waals surface area contributed by atoms with Crippen LogP contribution < -0.4 is 10.3 Å². The number of thiazole rings is 1. The van der Waals surface area contributed by atoms with Crippen LogP contribution in [0.5, 0.6) is 0 Å². The number of carbonyl (C=O) groups is 2. The van der Waals surface area contributed by atoms with E-state index in [0.717, 1.165) is 21.8 Å². The van der Waals surface area contributed by atoms with Gasteiger partial charge in [0.05, 0.1) is 33.1 Å². The summed E-state index contributed by atoms with van der Waals surface area (Å²) in [6.45, 7) is 1.87. The Bertz CT molecular complexity index is 1690. The third-order valence-corrected chi connectivity index (χ3v) is 7.75. The Balaban J connectivity index is 1.21. The van der Waals surface area contributed by atoms with Gasteiger partial charge in [-0.25, -0.2) is 9.88 Å². The number of hydrazone groups is 1. The summed E-state index contributed by atoms with van der Waals surface area (Å²) in [5.41, 5.74) is 7.44. The summed E-state index contributed by atoms with van der Waals surface area (Å²) in [7, 11) is 0. The van der Waals surface area contributed by atoms with Crippen LogP contribution in [0, 0.1) is 0 Å². The maximum atomic E-state index is 12.8. The Labute approximate surface area is 232 Å². The number of rotatable bonds is 7. The maximum absolute atomic E-state index is 12.8. The zero-order valence-corrected chi connectivity index (χ0v) is 22.2. The molecule has 190 valence electrons. The minimum absolute atomic E-state index is 0.319. The zero-order chi connectivity index (χ0) is 26.8. The third kappa shape index (κ3) is 4.90. The van der Waals surface area contributed by atoms with E-state index in [1.807, 2.05) is 66.9 Å². The Morgan fingerprint density at radius 1 is 0.821 bits per heavy atom. The normalized spacial score (nSPS) is 13.4. The molecule has 1 aliphatic heterocycles. The van der Waals surface area contributed by atoms with Gasteiger partial charge in [0.2, 0.25) is 5.13 Å². The molecular formula is C29H20N6O2S2. The Morgan fingerprint density at radius 3 is 2.18 bits per heavy atom. The number of thiophene rings is 1. The first-order chi connectivity index (χ1) is 19.1. The number of amides is 2. The molecule has 0 saturated carbocycles. The fourth-order valence-corrected chi connectivity index (χ4v) is 5.60. The number of hydrogen-bond donors (Lipinski definition) is 1. The maximum Gasteiger partial charge on any atom is 0.266 e. The van der Waals surface area contributed by atoms with Crippen molar-refractivity contribution in [2.75, 3.05) is 10.3 Å². The van der Waals surface area contributed by atoms with Gasteiger partial charge >= 0.3 is 0 Å². The van der Waals surface area contributed by atoms with Crippen molar-refractivity contribution in [2.45, 2.75) is 6.92 Å². The van der Waals surface area contributed by atoms with Crippen molar-refractivity contribution in [2.24, 2.45) is 15.3 Å². The summed E-state index contributed by atoms with van der Waals surface area (Å²) >= 11 is 2.94. The molecule has 0 atom stereocenters. The minimum Gasteiger partial charge on any atom is -0.268 e. The van der Waals surface area contributed by atoms with Crippen LogP contribution in [0.3, 0.4) is 0 Å². The van der Waals surface area contributed by atoms with Crippen LogP contribution in [0.1, 0.15) is 33.2 Å². The molecule has 1 aliphatic rings. The topological polar surface area (TPSA) is 99.4 Å². The number of imide groups is 1. The van der Waals surface area contributed by atoms with E-state index in [9.17, 15) is 9.59 Å². The molecule has 0 bridgehead atoms. The van der Waals surface area contributed by atoms with Crippen LogP contribution in [-0.2, 0) is 0 Å². The predicted octanol–water partition coefficient (Wildman–Crippen LogP) is 7.92. The summed E-state index contributed by atoms with van der Waals surface area (Å²) in [4.78, 5) is 32.5. The van der Waals surface area contributed by atoms with Gasteiger partial charge in [-0.2, -0.15) is 5.10 Å². The quantitative estimate of drug-likeness (QED) is 0.0966. The van der Waals surface area contributed by atoms with E-state index in [2.05, 4.69) is 20.8 Å². The van der Waals surface area contributed by atoms with Crippen LogP contribution in [0.25, 0.3) is 10.6 Å². The summed E-state index contributed by atoms with van der Waals surface area (Å²) in [6.07, 6.45) is 0. The van der Waals surface area contributed by atoms with Gasteiger partial charge in [0.25, 0.3) is 11.8 Å². The van der Waals surface area contributed by atoms with E-state index in [4.69, 9.17) is 4.98 Å². The molecule has 0 saturated heterocycles. The molecule has 5 aromatic rings. The van der Waals surface area contributed by atoms with Crippen LogP contribution in [0.4, 0.5) is 21.5 Å². The molecule has 8 nitrogen and oxygen atoms in total. The average molecular weight is 549 g/mol. The smallest absolute Gasteiger partial charge is 0.266 e. The number of benzene rings is 3. The van der Waals surface area contributed by atoms with E-state index in [0.29, 0.717) is 32.7 Å². The molecule has 0 radical (unpaired) electrons. The number of fused-ring (bicyclic) bond motifs is 1. The summed E-state index contributed by atoms with van der Waals surface area (Å²) < 4.78 is 0. The number of anilines is 2. The first-order valence-corrected chi connectivity index (χ1v) is 13.7. The molecule has 10 heteroatoms. The first kappa shape index (κ1) is 24.5. The van der Waals surface area contributed by atoms with Gasteiger partial charge in [0.1, 0.15) is 5.69 Å². The molecule has 0 unspecified atom stereocenters. The van der Waals surface area contributed by atoms with Crippen molar-refractivity contribution in [3.8, 4) is 10.6 Å². The standard InChI is InChI=1S/C29H20N6O2S2/c1-18(19-13-15-21(16-14-19)35-27(36)22-10-5-6-11-23(22)28(35)37)31-34-29-30-25(24-12-7-17-38-24)26(39-29)33-32-20-8-3-2-4-9-20/h2-17H,1H3,(H,30,34). The number of hydrogen-bond acceptors (Lipinski definition) is 9. The third-order valence-electron chi connectivity index (χ3n) is 6.03. The number of aromatic nitrogens is 1. The van der Waals surface area contributed by atoms with Crippen molar-refractivity contribution in [1.29, 1.82) is 0 Å². The zero-order valence-electron chi connectivity index (χ0n) is 20.6. The lowest BCUT2D eigenvalue weighted by atomic mass is 10.1. The largest absolute Gasteiger partial charge is 0.268 e. The molecule has 3 aromatic carbocycles. The highest BCUT2D eigenvalue weighted by Gasteiger charge is 2.36. The Kier molecular flexibility index (Phi) is 6.62. The van der Waals surface area contributed by atoms with Crippen molar-refractivity contribution in [1.82, 2.24) is 4.98 Å². The molecule has 0 aliphatic carbocycles. The Morgan fingerprint density at radius 2 is 1.51 bits per heavy atom. The molecule has 39 heavy (non-hydrogen) atoms. The van der Waals surface area contributed by atoms with E-state index in [1.54, 1.807) is 47.7 Å². The van der Waals surface area contributed by atoms with Gasteiger partial charge in [0, 0.05) is 0 Å². The van der Waals surface area contributed by atoms with E-state index in [1.165, 1.54) is 16.2 Å². The molecule has 2 amide bonds. The average Bonchev–Trinajstić information content (AvgIpc) is 3.71. The van der Waals surface area contributed by atoms with Crippen LogP contribution in [-0.4, -0.2) is 22.5 Å². The molecule has 1 N–H and O–H groups in total. The Hall–Kier alpha value is -4.80. The van der Waals surface area contributed by atoms with Gasteiger partial charge in [-0.3, -0.25) is 15.0 Å². The molecular weight excluding hydrogens is 528 g/mol. The summed E-state index contributed by atoms with van der Waals surface area (Å²) in [6, 6.07) is 27.5. The van der Waals surface area contributed by atoms with Gasteiger partial charge in [-0.15, -0.1) is 21.6 Å². The predicted molar refractivity (Wildman–Crippen MR) is 156 cm³/mol. The lowest BCUT2D eigenvalue weighted by Crippen LogP contribution is -2.29. The lowest BCUT2D eigenvalue weighted by Gasteiger charge is -2.14. The van der Waals surface area contributed by atoms with Crippen LogP contribution in [0.15, 0.2) is 112 Å². The van der Waals surface area contributed by atoms with Gasteiger partial charge < -0.3 is 0 Å². The summed E-state index contributed by atoms with van der Waals surface area (Å²) in [5.74, 6) is -0.637. The second kappa shape index (κ2) is 10.5. The second-order valence-electron chi connectivity index (χ2n) is 8.53. The van der Waals surface area contributed by atoms with Gasteiger partial charge in [0.15, 0.2) is 5.00 Å². The number of nitrogens with one attached hydrogen (secondary N) is 1. The fraction of sp³-hybridized carbons (Fsp3) is 0.0345.